The third-order valence-electron chi connectivity index (χ3n) is 3.86. The number of carbonyl (C=O) groups is 2. The fourth-order valence-electron chi connectivity index (χ4n) is 2.40. The molecule has 2 aromatic rings. The van der Waals surface area contributed by atoms with E-state index in [9.17, 15) is 9.59 Å². The van der Waals surface area contributed by atoms with E-state index >= 15 is 0 Å². The number of hydrogen-bond donors (Lipinski definition) is 2. The van der Waals surface area contributed by atoms with Gasteiger partial charge in [-0.1, -0.05) is 42.5 Å². The Morgan fingerprint density at radius 2 is 1.72 bits per heavy atom. The maximum Gasteiger partial charge on any atom is 0.253 e. The van der Waals surface area contributed by atoms with Crippen LogP contribution in [-0.4, -0.2) is 31.6 Å². The summed E-state index contributed by atoms with van der Waals surface area (Å²) in [6.45, 7) is 2.35. The van der Waals surface area contributed by atoms with Gasteiger partial charge in [0.1, 0.15) is 0 Å². The first-order chi connectivity index (χ1) is 12.1. The summed E-state index contributed by atoms with van der Waals surface area (Å²) in [7, 11) is 1.56. The molecule has 2 N–H and O–H groups in total. The lowest BCUT2D eigenvalue weighted by Crippen LogP contribution is -2.27. The molecule has 0 saturated carbocycles. The third-order valence-corrected chi connectivity index (χ3v) is 3.86. The first kappa shape index (κ1) is 18.7. The molecule has 0 aliphatic rings. The Bertz CT molecular complexity index is 701. The highest BCUT2D eigenvalue weighted by molar-refractivity contribution is 6.03. The standard InChI is InChI=1S/C20H24N2O3/c1-15(25-2)14-19(23)22-18-11-7-6-10-17(18)20(24)21-13-12-16-8-4-3-5-9-16/h3-11,15H,12-14H2,1-2H3,(H,21,24)(H,22,23). The van der Waals surface area contributed by atoms with Gasteiger partial charge < -0.3 is 15.4 Å². The summed E-state index contributed by atoms with van der Waals surface area (Å²) in [6.07, 6.45) is 0.819. The number of amides is 2. The van der Waals surface area contributed by atoms with E-state index in [1.807, 2.05) is 37.3 Å². The van der Waals surface area contributed by atoms with Gasteiger partial charge in [-0.05, 0) is 31.0 Å². The van der Waals surface area contributed by atoms with Gasteiger partial charge in [-0.25, -0.2) is 0 Å². The van der Waals surface area contributed by atoms with Gasteiger partial charge in [0.25, 0.3) is 5.91 Å². The first-order valence-electron chi connectivity index (χ1n) is 8.34. The number of benzene rings is 2. The van der Waals surface area contributed by atoms with Crippen LogP contribution in [0, 0.1) is 0 Å². The molecule has 5 heteroatoms. The van der Waals surface area contributed by atoms with Gasteiger partial charge in [0.05, 0.1) is 23.8 Å². The van der Waals surface area contributed by atoms with Crippen molar-refractivity contribution in [3.05, 3.63) is 65.7 Å². The molecule has 132 valence electrons. The van der Waals surface area contributed by atoms with Crippen LogP contribution in [-0.2, 0) is 16.0 Å². The highest BCUT2D eigenvalue weighted by Gasteiger charge is 2.14. The van der Waals surface area contributed by atoms with Gasteiger partial charge in [-0.15, -0.1) is 0 Å². The number of carbonyl (C=O) groups excluding carboxylic acids is 2. The number of hydrogen-bond acceptors (Lipinski definition) is 3. The second kappa shape index (κ2) is 9.59. The van der Waals surface area contributed by atoms with Crippen LogP contribution in [0.15, 0.2) is 54.6 Å². The topological polar surface area (TPSA) is 67.4 Å². The minimum absolute atomic E-state index is 0.174. The fourth-order valence-corrected chi connectivity index (χ4v) is 2.40. The van der Waals surface area contributed by atoms with Gasteiger partial charge in [0.2, 0.25) is 5.91 Å². The third kappa shape index (κ3) is 6.04. The van der Waals surface area contributed by atoms with Crippen molar-refractivity contribution < 1.29 is 14.3 Å². The maximum atomic E-state index is 12.4. The van der Waals surface area contributed by atoms with Crippen molar-refractivity contribution in [3.63, 3.8) is 0 Å². The zero-order chi connectivity index (χ0) is 18.1. The van der Waals surface area contributed by atoms with Crippen molar-refractivity contribution in [3.8, 4) is 0 Å². The highest BCUT2D eigenvalue weighted by Crippen LogP contribution is 2.15. The Kier molecular flexibility index (Phi) is 7.16. The average Bonchev–Trinajstić information content (AvgIpc) is 2.62. The molecule has 0 aliphatic heterocycles. The molecule has 0 heterocycles. The predicted molar refractivity (Wildman–Crippen MR) is 98.6 cm³/mol. The molecule has 5 nitrogen and oxygen atoms in total. The molecule has 25 heavy (non-hydrogen) atoms. The molecule has 2 aromatic carbocycles. The van der Waals surface area contributed by atoms with Crippen LogP contribution in [0.25, 0.3) is 0 Å². The smallest absolute Gasteiger partial charge is 0.253 e. The minimum Gasteiger partial charge on any atom is -0.381 e. The molecule has 0 radical (unpaired) electrons. The van der Waals surface area contributed by atoms with Gasteiger partial charge in [0, 0.05) is 13.7 Å². The maximum absolute atomic E-state index is 12.4. The van der Waals surface area contributed by atoms with Gasteiger partial charge in [-0.2, -0.15) is 0 Å². The number of methoxy groups -OCH3 is 1. The van der Waals surface area contributed by atoms with E-state index in [0.717, 1.165) is 12.0 Å². The summed E-state index contributed by atoms with van der Waals surface area (Å²) in [4.78, 5) is 24.5. The molecule has 2 rings (SSSR count). The van der Waals surface area contributed by atoms with Crippen LogP contribution in [0.4, 0.5) is 5.69 Å². The van der Waals surface area contributed by atoms with Crippen molar-refractivity contribution in [2.75, 3.05) is 19.0 Å². The van der Waals surface area contributed by atoms with E-state index in [4.69, 9.17) is 4.74 Å². The summed E-state index contributed by atoms with van der Waals surface area (Å²) in [5.74, 6) is -0.384. The average molecular weight is 340 g/mol. The van der Waals surface area contributed by atoms with Crippen LogP contribution in [0.3, 0.4) is 0 Å². The molecule has 0 saturated heterocycles. The van der Waals surface area contributed by atoms with Crippen molar-refractivity contribution >= 4 is 17.5 Å². The van der Waals surface area contributed by atoms with Crippen LogP contribution in [0.5, 0.6) is 0 Å². The Morgan fingerprint density at radius 1 is 1.04 bits per heavy atom. The Morgan fingerprint density at radius 3 is 2.44 bits per heavy atom. The first-order valence-corrected chi connectivity index (χ1v) is 8.34. The second-order valence-electron chi connectivity index (χ2n) is 5.84. The van der Waals surface area contributed by atoms with Crippen molar-refractivity contribution in [2.45, 2.75) is 25.9 Å². The molecule has 0 aromatic heterocycles. The van der Waals surface area contributed by atoms with Crippen molar-refractivity contribution in [1.29, 1.82) is 0 Å². The lowest BCUT2D eigenvalue weighted by atomic mass is 10.1. The van der Waals surface area contributed by atoms with E-state index in [2.05, 4.69) is 10.6 Å². The van der Waals surface area contributed by atoms with E-state index in [-0.39, 0.29) is 24.3 Å². The molecule has 1 atom stereocenters. The SMILES string of the molecule is COC(C)CC(=O)Nc1ccccc1C(=O)NCCc1ccccc1. The quantitative estimate of drug-likeness (QED) is 0.776. The summed E-state index contributed by atoms with van der Waals surface area (Å²) in [5.41, 5.74) is 2.12. The number of ether oxygens (including phenoxy) is 1. The lowest BCUT2D eigenvalue weighted by molar-refractivity contribution is -0.118. The van der Waals surface area contributed by atoms with E-state index in [1.165, 1.54) is 0 Å². The molecule has 2 amide bonds. The monoisotopic (exact) mass is 340 g/mol. The van der Waals surface area contributed by atoms with Crippen LogP contribution >= 0.6 is 0 Å². The Hall–Kier alpha value is -2.66. The van der Waals surface area contributed by atoms with Gasteiger partial charge in [0.15, 0.2) is 0 Å². The normalized spacial score (nSPS) is 11.6. The van der Waals surface area contributed by atoms with Gasteiger partial charge >= 0.3 is 0 Å². The molecule has 0 fully saturated rings. The van der Waals surface area contributed by atoms with Crippen LogP contribution in [0.2, 0.25) is 0 Å². The predicted octanol–water partition coefficient (Wildman–Crippen LogP) is 3.02. The highest BCUT2D eigenvalue weighted by atomic mass is 16.5. The largest absolute Gasteiger partial charge is 0.381 e. The fraction of sp³-hybridized carbons (Fsp3) is 0.300. The lowest BCUT2D eigenvalue weighted by Gasteiger charge is -2.13. The summed E-state index contributed by atoms with van der Waals surface area (Å²) < 4.78 is 5.09. The molecule has 0 aliphatic carbocycles. The molecular weight excluding hydrogens is 316 g/mol. The van der Waals surface area contributed by atoms with E-state index in [0.29, 0.717) is 17.8 Å². The van der Waals surface area contributed by atoms with E-state index < -0.39 is 0 Å². The summed E-state index contributed by atoms with van der Waals surface area (Å²) in [5, 5.41) is 5.68. The summed E-state index contributed by atoms with van der Waals surface area (Å²) in [6, 6.07) is 17.0. The molecule has 0 spiro atoms. The zero-order valence-corrected chi connectivity index (χ0v) is 14.6. The number of para-hydroxylation sites is 1. The van der Waals surface area contributed by atoms with Crippen LogP contribution < -0.4 is 10.6 Å². The second-order valence-corrected chi connectivity index (χ2v) is 5.84. The Balaban J connectivity index is 1.94. The zero-order valence-electron chi connectivity index (χ0n) is 14.6. The van der Waals surface area contributed by atoms with Crippen molar-refractivity contribution in [1.82, 2.24) is 5.32 Å². The minimum atomic E-state index is -0.202. The van der Waals surface area contributed by atoms with Crippen LogP contribution in [0.1, 0.15) is 29.3 Å². The molecular formula is C20H24N2O3. The van der Waals surface area contributed by atoms with Gasteiger partial charge in [-0.3, -0.25) is 9.59 Å². The Labute approximate surface area is 148 Å². The number of anilines is 1. The molecule has 1 unspecified atom stereocenters. The summed E-state index contributed by atoms with van der Waals surface area (Å²) >= 11 is 0. The number of rotatable bonds is 8. The molecule has 0 bridgehead atoms. The van der Waals surface area contributed by atoms with E-state index in [1.54, 1.807) is 31.4 Å². The number of nitrogens with one attached hydrogen (secondary N) is 2. The van der Waals surface area contributed by atoms with Crippen molar-refractivity contribution in [2.24, 2.45) is 0 Å².